The number of carbonyl (C=O) groups is 2. The van der Waals surface area contributed by atoms with Crippen molar-refractivity contribution in [3.8, 4) is 6.07 Å². The number of aryl methyl sites for hydroxylation is 1. The van der Waals surface area contributed by atoms with Crippen molar-refractivity contribution in [1.82, 2.24) is 0 Å². The first kappa shape index (κ1) is 21.6. The second-order valence-electron chi connectivity index (χ2n) is 7.25. The Labute approximate surface area is 180 Å². The molecule has 3 rings (SSSR count). The summed E-state index contributed by atoms with van der Waals surface area (Å²) in [7, 11) is 3.89. The van der Waals surface area contributed by atoms with Gasteiger partial charge in [-0.25, -0.2) is 4.79 Å². The highest BCUT2D eigenvalue weighted by Gasteiger charge is 2.27. The normalized spacial score (nSPS) is 13.2. The predicted molar refractivity (Wildman–Crippen MR) is 120 cm³/mol. The number of hydrogen-bond donors (Lipinski definition) is 1. The molecule has 0 fully saturated rings. The van der Waals surface area contributed by atoms with E-state index in [1.807, 2.05) is 49.3 Å². The Balaban J connectivity index is 1.87. The molecule has 30 heavy (non-hydrogen) atoms. The third kappa shape index (κ3) is 4.71. The molecule has 0 radical (unpaired) electrons. The summed E-state index contributed by atoms with van der Waals surface area (Å²) in [5.41, 5.74) is 3.18. The number of nitrogens with one attached hydrogen (secondary N) is 1. The number of nitriles is 1. The molecule has 0 saturated heterocycles. The molecule has 0 atom stereocenters. The van der Waals surface area contributed by atoms with Crippen LogP contribution in [0.25, 0.3) is 6.08 Å². The third-order valence-corrected chi connectivity index (χ3v) is 6.17. The highest BCUT2D eigenvalue weighted by molar-refractivity contribution is 7.17. The number of thiophene rings is 1. The number of carbonyl (C=O) groups excluding carboxylic acids is 2. The van der Waals surface area contributed by atoms with E-state index in [0.29, 0.717) is 10.6 Å². The van der Waals surface area contributed by atoms with Crippen LogP contribution in [0, 0.1) is 11.3 Å². The maximum Gasteiger partial charge on any atom is 0.341 e. The highest BCUT2D eigenvalue weighted by Crippen LogP contribution is 2.38. The van der Waals surface area contributed by atoms with Crippen LogP contribution in [-0.2, 0) is 22.4 Å². The van der Waals surface area contributed by atoms with E-state index in [0.717, 1.165) is 47.4 Å². The number of amides is 1. The van der Waals surface area contributed by atoms with Crippen LogP contribution in [0.1, 0.15) is 46.1 Å². The molecular weight excluding hydrogens is 398 g/mol. The van der Waals surface area contributed by atoms with E-state index in [-0.39, 0.29) is 12.2 Å². The number of anilines is 2. The van der Waals surface area contributed by atoms with Gasteiger partial charge >= 0.3 is 5.97 Å². The molecule has 1 aliphatic carbocycles. The van der Waals surface area contributed by atoms with Gasteiger partial charge in [-0.2, -0.15) is 5.26 Å². The van der Waals surface area contributed by atoms with Gasteiger partial charge in [0.15, 0.2) is 0 Å². The van der Waals surface area contributed by atoms with Crippen LogP contribution in [0.15, 0.2) is 29.8 Å². The van der Waals surface area contributed by atoms with Crippen molar-refractivity contribution >= 4 is 40.0 Å². The van der Waals surface area contributed by atoms with E-state index >= 15 is 0 Å². The molecular formula is C23H25N3O3S. The number of rotatable bonds is 6. The number of esters is 1. The van der Waals surface area contributed by atoms with E-state index in [2.05, 4.69) is 5.32 Å². The second kappa shape index (κ2) is 9.59. The molecule has 0 bridgehead atoms. The standard InChI is InChI=1S/C23H25N3O3S/c1-4-29-23(28)20-18-7-5-6-8-19(18)30-22(20)25-21(27)16(14-24)13-15-9-11-17(12-10-15)26(2)3/h9-13H,4-8H2,1-3H3,(H,25,27). The van der Waals surface area contributed by atoms with Crippen LogP contribution in [0.4, 0.5) is 10.7 Å². The maximum atomic E-state index is 12.8. The minimum absolute atomic E-state index is 0.0196. The zero-order valence-electron chi connectivity index (χ0n) is 17.4. The molecule has 1 heterocycles. The monoisotopic (exact) mass is 423 g/mol. The van der Waals surface area contributed by atoms with Crippen molar-refractivity contribution in [2.75, 3.05) is 30.9 Å². The molecule has 6 nitrogen and oxygen atoms in total. The lowest BCUT2D eigenvalue weighted by atomic mass is 9.95. The van der Waals surface area contributed by atoms with Crippen molar-refractivity contribution < 1.29 is 14.3 Å². The lowest BCUT2D eigenvalue weighted by molar-refractivity contribution is -0.112. The SMILES string of the molecule is CCOC(=O)c1c(NC(=O)C(C#N)=Cc2ccc(N(C)C)cc2)sc2c1CCCC2. The first-order valence-corrected chi connectivity index (χ1v) is 10.8. The smallest absolute Gasteiger partial charge is 0.341 e. The first-order valence-electron chi connectivity index (χ1n) is 9.96. The topological polar surface area (TPSA) is 82.4 Å². The Morgan fingerprint density at radius 3 is 2.57 bits per heavy atom. The maximum absolute atomic E-state index is 12.8. The van der Waals surface area contributed by atoms with E-state index in [1.165, 1.54) is 11.3 Å². The Bertz CT molecular complexity index is 1010. The Morgan fingerprint density at radius 1 is 1.23 bits per heavy atom. The minimum atomic E-state index is -0.529. The van der Waals surface area contributed by atoms with Crippen LogP contribution in [0.2, 0.25) is 0 Å². The number of ether oxygens (including phenoxy) is 1. The summed E-state index contributed by atoms with van der Waals surface area (Å²) < 4.78 is 5.22. The van der Waals surface area contributed by atoms with Gasteiger partial charge in [-0.05, 0) is 61.9 Å². The fourth-order valence-corrected chi connectivity index (χ4v) is 4.70. The lowest BCUT2D eigenvalue weighted by Crippen LogP contribution is -2.16. The largest absolute Gasteiger partial charge is 0.462 e. The van der Waals surface area contributed by atoms with Crippen molar-refractivity contribution in [3.05, 3.63) is 51.4 Å². The van der Waals surface area contributed by atoms with Gasteiger partial charge in [-0.3, -0.25) is 4.79 Å². The van der Waals surface area contributed by atoms with Crippen LogP contribution >= 0.6 is 11.3 Å². The van der Waals surface area contributed by atoms with Crippen LogP contribution in [0.3, 0.4) is 0 Å². The van der Waals surface area contributed by atoms with E-state index in [9.17, 15) is 14.9 Å². The Hall–Kier alpha value is -3.11. The van der Waals surface area contributed by atoms with Gasteiger partial charge in [0.1, 0.15) is 16.6 Å². The summed E-state index contributed by atoms with van der Waals surface area (Å²) in [6, 6.07) is 9.52. The zero-order valence-corrected chi connectivity index (χ0v) is 18.3. The molecule has 0 saturated carbocycles. The molecule has 1 amide bonds. The summed E-state index contributed by atoms with van der Waals surface area (Å²) in [6.45, 7) is 2.02. The van der Waals surface area contributed by atoms with Crippen LogP contribution in [0.5, 0.6) is 0 Å². The van der Waals surface area contributed by atoms with E-state index in [4.69, 9.17) is 4.74 Å². The van der Waals surface area contributed by atoms with Crippen molar-refractivity contribution in [1.29, 1.82) is 5.26 Å². The molecule has 1 aromatic heterocycles. The van der Waals surface area contributed by atoms with Gasteiger partial charge in [0.2, 0.25) is 0 Å². The molecule has 0 spiro atoms. The van der Waals surface area contributed by atoms with Gasteiger partial charge in [-0.1, -0.05) is 12.1 Å². The van der Waals surface area contributed by atoms with Crippen LogP contribution < -0.4 is 10.2 Å². The zero-order chi connectivity index (χ0) is 21.7. The highest BCUT2D eigenvalue weighted by atomic mass is 32.1. The van der Waals surface area contributed by atoms with E-state index in [1.54, 1.807) is 13.0 Å². The average Bonchev–Trinajstić information content (AvgIpc) is 3.10. The number of benzene rings is 1. The lowest BCUT2D eigenvalue weighted by Gasteiger charge is -2.12. The second-order valence-corrected chi connectivity index (χ2v) is 8.35. The van der Waals surface area contributed by atoms with Crippen molar-refractivity contribution in [3.63, 3.8) is 0 Å². The fraction of sp³-hybridized carbons (Fsp3) is 0.348. The third-order valence-electron chi connectivity index (χ3n) is 4.96. The Morgan fingerprint density at radius 2 is 1.93 bits per heavy atom. The predicted octanol–water partition coefficient (Wildman–Crippen LogP) is 4.42. The van der Waals surface area contributed by atoms with Gasteiger partial charge in [0.25, 0.3) is 5.91 Å². The molecule has 1 aromatic carbocycles. The van der Waals surface area contributed by atoms with Gasteiger partial charge in [0.05, 0.1) is 12.2 Å². The fourth-order valence-electron chi connectivity index (χ4n) is 3.43. The molecule has 1 N–H and O–H groups in total. The van der Waals surface area contributed by atoms with Crippen molar-refractivity contribution in [2.24, 2.45) is 0 Å². The number of nitrogens with zero attached hydrogens (tertiary/aromatic N) is 2. The average molecular weight is 424 g/mol. The molecule has 2 aromatic rings. The quantitative estimate of drug-likeness (QED) is 0.423. The number of hydrogen-bond acceptors (Lipinski definition) is 6. The first-order chi connectivity index (χ1) is 14.4. The van der Waals surface area contributed by atoms with Crippen molar-refractivity contribution in [2.45, 2.75) is 32.6 Å². The summed E-state index contributed by atoms with van der Waals surface area (Å²) >= 11 is 1.41. The molecule has 156 valence electrons. The summed E-state index contributed by atoms with van der Waals surface area (Å²) in [5, 5.41) is 12.8. The summed E-state index contributed by atoms with van der Waals surface area (Å²) in [5.74, 6) is -0.952. The Kier molecular flexibility index (Phi) is 6.91. The summed E-state index contributed by atoms with van der Waals surface area (Å²) in [6.07, 6.45) is 5.31. The van der Waals surface area contributed by atoms with Gasteiger partial charge < -0.3 is 15.0 Å². The molecule has 0 unspecified atom stereocenters. The van der Waals surface area contributed by atoms with Crippen LogP contribution in [-0.4, -0.2) is 32.6 Å². The van der Waals surface area contributed by atoms with Gasteiger partial charge in [0, 0.05) is 24.7 Å². The van der Waals surface area contributed by atoms with E-state index < -0.39 is 11.9 Å². The number of fused-ring (bicyclic) bond motifs is 1. The molecule has 0 aliphatic heterocycles. The molecule has 7 heteroatoms. The molecule has 1 aliphatic rings. The van der Waals surface area contributed by atoms with Gasteiger partial charge in [-0.15, -0.1) is 11.3 Å². The summed E-state index contributed by atoms with van der Waals surface area (Å²) in [4.78, 5) is 28.4. The minimum Gasteiger partial charge on any atom is -0.462 e.